The van der Waals surface area contributed by atoms with Gasteiger partial charge >= 0.3 is 0 Å². The molecule has 4 heteroatoms. The summed E-state index contributed by atoms with van der Waals surface area (Å²) in [5, 5.41) is 9.20. The van der Waals surface area contributed by atoms with Crippen LogP contribution in [-0.4, -0.2) is 35.0 Å². The first-order valence-electron chi connectivity index (χ1n) is 6.36. The van der Waals surface area contributed by atoms with E-state index in [2.05, 4.69) is 6.92 Å². The smallest absolute Gasteiger partial charge is 0.227 e. The van der Waals surface area contributed by atoms with Crippen LogP contribution in [0.25, 0.3) is 0 Å². The molecule has 1 saturated heterocycles. The van der Waals surface area contributed by atoms with Gasteiger partial charge in [0.15, 0.2) is 0 Å². The molecule has 0 spiro atoms. The van der Waals surface area contributed by atoms with Crippen molar-refractivity contribution in [3.05, 3.63) is 29.8 Å². The number of piperidine rings is 1. The highest BCUT2D eigenvalue weighted by molar-refractivity contribution is 5.79. The molecule has 1 aromatic carbocycles. The molecule has 4 nitrogen and oxygen atoms in total. The highest BCUT2D eigenvalue weighted by Crippen LogP contribution is 2.17. The van der Waals surface area contributed by atoms with Crippen molar-refractivity contribution in [2.24, 2.45) is 11.7 Å². The molecule has 1 aromatic rings. The van der Waals surface area contributed by atoms with Gasteiger partial charge in [-0.3, -0.25) is 4.79 Å². The number of hydrogen-bond acceptors (Lipinski definition) is 3. The van der Waals surface area contributed by atoms with Crippen molar-refractivity contribution in [1.29, 1.82) is 0 Å². The highest BCUT2D eigenvalue weighted by atomic mass is 16.3. The monoisotopic (exact) mass is 248 g/mol. The maximum absolute atomic E-state index is 12.2. The van der Waals surface area contributed by atoms with Crippen molar-refractivity contribution in [1.82, 2.24) is 4.90 Å². The first-order valence-corrected chi connectivity index (χ1v) is 6.36. The molecule has 0 saturated carbocycles. The summed E-state index contributed by atoms with van der Waals surface area (Å²) in [7, 11) is 0. The molecular formula is C14H20N2O2. The van der Waals surface area contributed by atoms with Gasteiger partial charge < -0.3 is 15.7 Å². The molecule has 3 N–H and O–H groups in total. The lowest BCUT2D eigenvalue weighted by Crippen LogP contribution is -2.49. The fourth-order valence-electron chi connectivity index (χ4n) is 2.50. The van der Waals surface area contributed by atoms with Crippen molar-refractivity contribution in [2.45, 2.75) is 25.8 Å². The molecule has 1 aliphatic rings. The number of rotatable bonds is 2. The van der Waals surface area contributed by atoms with Crippen molar-refractivity contribution < 1.29 is 9.90 Å². The minimum Gasteiger partial charge on any atom is -0.508 e. The van der Waals surface area contributed by atoms with Gasteiger partial charge in [0.25, 0.3) is 0 Å². The average Bonchev–Trinajstić information content (AvgIpc) is 2.31. The Hall–Kier alpha value is -1.55. The number of carbonyl (C=O) groups is 1. The lowest BCUT2D eigenvalue weighted by atomic mass is 9.96. The van der Waals surface area contributed by atoms with Crippen LogP contribution in [0.3, 0.4) is 0 Å². The molecule has 0 bridgehead atoms. The molecule has 1 amide bonds. The Bertz CT molecular complexity index is 406. The molecule has 1 aliphatic heterocycles. The maximum Gasteiger partial charge on any atom is 0.227 e. The highest BCUT2D eigenvalue weighted by Gasteiger charge is 2.25. The van der Waals surface area contributed by atoms with Gasteiger partial charge in [-0.25, -0.2) is 0 Å². The van der Waals surface area contributed by atoms with Crippen molar-refractivity contribution in [3.8, 4) is 5.75 Å². The van der Waals surface area contributed by atoms with Gasteiger partial charge in [0.05, 0.1) is 6.42 Å². The van der Waals surface area contributed by atoms with E-state index in [0.717, 1.165) is 18.5 Å². The van der Waals surface area contributed by atoms with Gasteiger partial charge in [-0.15, -0.1) is 0 Å². The molecule has 0 aliphatic carbocycles. The zero-order valence-electron chi connectivity index (χ0n) is 10.7. The van der Waals surface area contributed by atoms with E-state index >= 15 is 0 Å². The number of phenolic OH excluding ortho intramolecular Hbond substituents is 1. The Morgan fingerprint density at radius 1 is 1.39 bits per heavy atom. The summed E-state index contributed by atoms with van der Waals surface area (Å²) >= 11 is 0. The molecule has 2 unspecified atom stereocenters. The van der Waals surface area contributed by atoms with Crippen LogP contribution in [0, 0.1) is 5.92 Å². The van der Waals surface area contributed by atoms with E-state index in [0.29, 0.717) is 18.9 Å². The number of nitrogens with zero attached hydrogens (tertiary/aromatic N) is 1. The van der Waals surface area contributed by atoms with E-state index in [1.165, 1.54) is 0 Å². The average molecular weight is 248 g/mol. The van der Waals surface area contributed by atoms with Gasteiger partial charge in [-0.2, -0.15) is 0 Å². The summed E-state index contributed by atoms with van der Waals surface area (Å²) < 4.78 is 0. The Labute approximate surface area is 107 Å². The molecule has 0 radical (unpaired) electrons. The van der Waals surface area contributed by atoms with Crippen LogP contribution in [0.2, 0.25) is 0 Å². The van der Waals surface area contributed by atoms with Crippen LogP contribution in [0.1, 0.15) is 18.9 Å². The van der Waals surface area contributed by atoms with E-state index in [1.807, 2.05) is 4.90 Å². The number of nitrogens with two attached hydrogens (primary N) is 1. The summed E-state index contributed by atoms with van der Waals surface area (Å²) in [5.74, 6) is 0.806. The van der Waals surface area contributed by atoms with Crippen molar-refractivity contribution in [3.63, 3.8) is 0 Å². The topological polar surface area (TPSA) is 66.6 Å². The number of carbonyl (C=O) groups excluding carboxylic acids is 1. The largest absolute Gasteiger partial charge is 0.508 e. The number of hydrogen-bond donors (Lipinski definition) is 2. The van der Waals surface area contributed by atoms with E-state index < -0.39 is 0 Å². The van der Waals surface area contributed by atoms with E-state index in [4.69, 9.17) is 5.73 Å². The van der Waals surface area contributed by atoms with Gasteiger partial charge in [0, 0.05) is 19.1 Å². The second-order valence-corrected chi connectivity index (χ2v) is 5.24. The minimum absolute atomic E-state index is 0.0949. The molecule has 2 rings (SSSR count). The second-order valence-electron chi connectivity index (χ2n) is 5.24. The normalized spacial score (nSPS) is 24.0. The Balaban J connectivity index is 1.97. The minimum atomic E-state index is 0.0949. The standard InChI is InChI=1S/C14H20N2O2/c1-10-6-12(15)9-16(8-10)14(18)7-11-2-4-13(17)5-3-11/h2-5,10,12,17H,6-9,15H2,1H3. The molecule has 18 heavy (non-hydrogen) atoms. The third-order valence-corrected chi connectivity index (χ3v) is 3.34. The van der Waals surface area contributed by atoms with Gasteiger partial charge in [-0.05, 0) is 30.0 Å². The quantitative estimate of drug-likeness (QED) is 0.824. The van der Waals surface area contributed by atoms with Crippen LogP contribution in [0.5, 0.6) is 5.75 Å². The van der Waals surface area contributed by atoms with Crippen LogP contribution >= 0.6 is 0 Å². The number of likely N-dealkylation sites (tertiary alicyclic amines) is 1. The molecule has 98 valence electrons. The van der Waals surface area contributed by atoms with Crippen LogP contribution in [-0.2, 0) is 11.2 Å². The third kappa shape index (κ3) is 3.23. The SMILES string of the molecule is CC1CC(N)CN(C(=O)Cc2ccc(O)cc2)C1. The predicted octanol–water partition coefficient (Wildman–Crippen LogP) is 1.13. The van der Waals surface area contributed by atoms with E-state index in [-0.39, 0.29) is 17.7 Å². The number of amides is 1. The predicted molar refractivity (Wildman–Crippen MR) is 70.1 cm³/mol. The van der Waals surface area contributed by atoms with Crippen LogP contribution in [0.4, 0.5) is 0 Å². The number of phenols is 1. The molecule has 2 atom stereocenters. The lowest BCUT2D eigenvalue weighted by molar-refractivity contribution is -0.132. The number of aromatic hydroxyl groups is 1. The Morgan fingerprint density at radius 3 is 2.67 bits per heavy atom. The van der Waals surface area contributed by atoms with Gasteiger partial charge in [0.2, 0.25) is 5.91 Å². The van der Waals surface area contributed by atoms with E-state index in [1.54, 1.807) is 24.3 Å². The third-order valence-electron chi connectivity index (χ3n) is 3.34. The number of benzene rings is 1. The first-order chi connectivity index (χ1) is 8.54. The fourth-order valence-corrected chi connectivity index (χ4v) is 2.50. The zero-order valence-corrected chi connectivity index (χ0v) is 10.7. The molecular weight excluding hydrogens is 228 g/mol. The molecule has 0 aromatic heterocycles. The van der Waals surface area contributed by atoms with Gasteiger partial charge in [-0.1, -0.05) is 19.1 Å². The summed E-state index contributed by atoms with van der Waals surface area (Å²) in [6, 6.07) is 6.86. The summed E-state index contributed by atoms with van der Waals surface area (Å²) in [5.41, 5.74) is 6.86. The maximum atomic E-state index is 12.2. The van der Waals surface area contributed by atoms with Crippen LogP contribution in [0.15, 0.2) is 24.3 Å². The fraction of sp³-hybridized carbons (Fsp3) is 0.500. The summed E-state index contributed by atoms with van der Waals surface area (Å²) in [4.78, 5) is 14.0. The summed E-state index contributed by atoms with van der Waals surface area (Å²) in [6.45, 7) is 3.58. The Morgan fingerprint density at radius 2 is 2.06 bits per heavy atom. The molecule has 1 heterocycles. The first kappa shape index (κ1) is 12.9. The van der Waals surface area contributed by atoms with Crippen molar-refractivity contribution >= 4 is 5.91 Å². The van der Waals surface area contributed by atoms with Gasteiger partial charge in [0.1, 0.15) is 5.75 Å². The van der Waals surface area contributed by atoms with Crippen molar-refractivity contribution in [2.75, 3.05) is 13.1 Å². The van der Waals surface area contributed by atoms with Crippen LogP contribution < -0.4 is 5.73 Å². The zero-order chi connectivity index (χ0) is 13.1. The second kappa shape index (κ2) is 5.40. The van der Waals surface area contributed by atoms with E-state index in [9.17, 15) is 9.90 Å². The lowest BCUT2D eigenvalue weighted by Gasteiger charge is -2.34. The molecule has 1 fully saturated rings. The summed E-state index contributed by atoms with van der Waals surface area (Å²) in [6.07, 6.45) is 1.36. The Kier molecular flexibility index (Phi) is 3.87.